The highest BCUT2D eigenvalue weighted by Crippen LogP contribution is 2.21. The standard InChI is InChI=1S/C23H26N4O3/c1-14(2)25-23(29)27-18-8-5-16(6-9-18)13-24-22(28)20-11-17-7-10-19(30-4)12-21(17)26-15(20)3/h5-12,14H,13H2,1-4H3,(H,24,28)(H2,25,27,29). The van der Waals surface area contributed by atoms with Crippen LogP contribution in [-0.2, 0) is 6.54 Å². The average molecular weight is 406 g/mol. The molecule has 3 N–H and O–H groups in total. The van der Waals surface area contributed by atoms with Crippen LogP contribution in [0.25, 0.3) is 10.9 Å². The molecule has 7 heteroatoms. The van der Waals surface area contributed by atoms with Crippen LogP contribution in [-0.4, -0.2) is 30.1 Å². The molecule has 0 radical (unpaired) electrons. The first-order valence-corrected chi connectivity index (χ1v) is 9.76. The predicted molar refractivity (Wildman–Crippen MR) is 118 cm³/mol. The molecule has 0 unspecified atom stereocenters. The molecular weight excluding hydrogens is 380 g/mol. The van der Waals surface area contributed by atoms with Gasteiger partial charge in [0.25, 0.3) is 5.91 Å². The normalized spacial score (nSPS) is 10.7. The van der Waals surface area contributed by atoms with Gasteiger partial charge in [0.05, 0.1) is 23.9 Å². The lowest BCUT2D eigenvalue weighted by molar-refractivity contribution is 0.0950. The summed E-state index contributed by atoms with van der Waals surface area (Å²) in [6.45, 7) is 5.98. The summed E-state index contributed by atoms with van der Waals surface area (Å²) in [5, 5.41) is 9.34. The number of aromatic nitrogens is 1. The number of pyridine rings is 1. The fraction of sp³-hybridized carbons (Fsp3) is 0.261. The van der Waals surface area contributed by atoms with Gasteiger partial charge >= 0.3 is 6.03 Å². The molecule has 0 bridgehead atoms. The molecule has 3 rings (SSSR count). The molecule has 0 fully saturated rings. The van der Waals surface area contributed by atoms with Gasteiger partial charge in [-0.3, -0.25) is 9.78 Å². The summed E-state index contributed by atoms with van der Waals surface area (Å²) in [4.78, 5) is 29.0. The first-order valence-electron chi connectivity index (χ1n) is 9.76. The summed E-state index contributed by atoms with van der Waals surface area (Å²) in [7, 11) is 1.61. The van der Waals surface area contributed by atoms with Crippen LogP contribution in [0.2, 0.25) is 0 Å². The van der Waals surface area contributed by atoms with Gasteiger partial charge in [-0.15, -0.1) is 0 Å². The summed E-state index contributed by atoms with van der Waals surface area (Å²) >= 11 is 0. The third-order valence-electron chi connectivity index (χ3n) is 4.54. The summed E-state index contributed by atoms with van der Waals surface area (Å²) in [5.74, 6) is 0.544. The van der Waals surface area contributed by atoms with Crippen LogP contribution in [0.1, 0.15) is 35.5 Å². The molecule has 3 aromatic rings. The van der Waals surface area contributed by atoms with Crippen LogP contribution < -0.4 is 20.7 Å². The summed E-state index contributed by atoms with van der Waals surface area (Å²) in [6, 6.07) is 14.6. The van der Waals surface area contributed by atoms with E-state index in [9.17, 15) is 9.59 Å². The largest absolute Gasteiger partial charge is 0.497 e. The van der Waals surface area contributed by atoms with Crippen LogP contribution in [0, 0.1) is 6.92 Å². The van der Waals surface area contributed by atoms with Crippen molar-refractivity contribution in [3.63, 3.8) is 0 Å². The van der Waals surface area contributed by atoms with Crippen molar-refractivity contribution in [2.24, 2.45) is 0 Å². The fourth-order valence-electron chi connectivity index (χ4n) is 3.01. The Hall–Kier alpha value is -3.61. The lowest BCUT2D eigenvalue weighted by atomic mass is 10.1. The van der Waals surface area contributed by atoms with E-state index in [0.717, 1.165) is 22.2 Å². The molecule has 2 aromatic carbocycles. The summed E-state index contributed by atoms with van der Waals surface area (Å²) < 4.78 is 5.23. The molecule has 0 saturated heterocycles. The molecule has 0 aliphatic heterocycles. The molecule has 7 nitrogen and oxygen atoms in total. The minimum atomic E-state index is -0.247. The molecule has 156 valence electrons. The Bertz CT molecular complexity index is 1060. The minimum absolute atomic E-state index is 0.0644. The number of hydrogen-bond donors (Lipinski definition) is 3. The Morgan fingerprint density at radius 3 is 2.47 bits per heavy atom. The first kappa shape index (κ1) is 21.1. The van der Waals surface area contributed by atoms with Crippen molar-refractivity contribution in [1.29, 1.82) is 0 Å². The molecular formula is C23H26N4O3. The number of fused-ring (bicyclic) bond motifs is 1. The zero-order valence-corrected chi connectivity index (χ0v) is 17.6. The quantitative estimate of drug-likeness (QED) is 0.577. The van der Waals surface area contributed by atoms with Gasteiger partial charge < -0.3 is 20.7 Å². The number of ether oxygens (including phenoxy) is 1. The van der Waals surface area contributed by atoms with Gasteiger partial charge in [0.2, 0.25) is 0 Å². The summed E-state index contributed by atoms with van der Waals surface area (Å²) in [6.07, 6.45) is 0. The number of hydrogen-bond acceptors (Lipinski definition) is 4. The van der Waals surface area contributed by atoms with Crippen molar-refractivity contribution in [3.05, 3.63) is 65.4 Å². The molecule has 1 aromatic heterocycles. The number of amides is 3. The molecule has 1 heterocycles. The SMILES string of the molecule is COc1ccc2cc(C(=O)NCc3ccc(NC(=O)NC(C)C)cc3)c(C)nc2c1. The fourth-order valence-corrected chi connectivity index (χ4v) is 3.01. The number of nitrogens with one attached hydrogen (secondary N) is 3. The Balaban J connectivity index is 1.64. The molecule has 3 amide bonds. The van der Waals surface area contributed by atoms with E-state index >= 15 is 0 Å². The van der Waals surface area contributed by atoms with Crippen LogP contribution in [0.4, 0.5) is 10.5 Å². The monoisotopic (exact) mass is 406 g/mol. The smallest absolute Gasteiger partial charge is 0.319 e. The van der Waals surface area contributed by atoms with Gasteiger partial charge in [-0.2, -0.15) is 0 Å². The second-order valence-electron chi connectivity index (χ2n) is 7.31. The van der Waals surface area contributed by atoms with Crippen molar-refractivity contribution in [2.75, 3.05) is 12.4 Å². The third kappa shape index (κ3) is 5.26. The number of aryl methyl sites for hydroxylation is 1. The van der Waals surface area contributed by atoms with E-state index in [1.165, 1.54) is 0 Å². The minimum Gasteiger partial charge on any atom is -0.497 e. The molecule has 0 saturated carbocycles. The number of carbonyl (C=O) groups is 2. The number of methoxy groups -OCH3 is 1. The van der Waals surface area contributed by atoms with Gasteiger partial charge in [0.15, 0.2) is 0 Å². The highest BCUT2D eigenvalue weighted by Gasteiger charge is 2.12. The van der Waals surface area contributed by atoms with Crippen LogP contribution in [0.3, 0.4) is 0 Å². The van der Waals surface area contributed by atoms with E-state index < -0.39 is 0 Å². The second kappa shape index (κ2) is 9.26. The maximum absolute atomic E-state index is 12.7. The zero-order valence-electron chi connectivity index (χ0n) is 17.6. The van der Waals surface area contributed by atoms with Gasteiger partial charge in [-0.05, 0) is 56.7 Å². The van der Waals surface area contributed by atoms with Crippen LogP contribution >= 0.6 is 0 Å². The van der Waals surface area contributed by atoms with Crippen molar-refractivity contribution < 1.29 is 14.3 Å². The lowest BCUT2D eigenvalue weighted by Crippen LogP contribution is -2.34. The van der Waals surface area contributed by atoms with Crippen LogP contribution in [0.5, 0.6) is 5.75 Å². The highest BCUT2D eigenvalue weighted by atomic mass is 16.5. The van der Waals surface area contributed by atoms with Gasteiger partial charge in [0.1, 0.15) is 5.75 Å². The predicted octanol–water partition coefficient (Wildman–Crippen LogP) is 4.01. The van der Waals surface area contributed by atoms with Crippen molar-refractivity contribution >= 4 is 28.5 Å². The van der Waals surface area contributed by atoms with E-state index in [1.54, 1.807) is 19.2 Å². The third-order valence-corrected chi connectivity index (χ3v) is 4.54. The van der Waals surface area contributed by atoms with Crippen molar-refractivity contribution in [2.45, 2.75) is 33.4 Å². The van der Waals surface area contributed by atoms with Crippen LogP contribution in [0.15, 0.2) is 48.5 Å². The number of anilines is 1. The molecule has 0 atom stereocenters. The molecule has 0 aliphatic rings. The Morgan fingerprint density at radius 1 is 1.07 bits per heavy atom. The Morgan fingerprint density at radius 2 is 1.80 bits per heavy atom. The Labute approximate surface area is 175 Å². The molecule has 0 spiro atoms. The maximum Gasteiger partial charge on any atom is 0.319 e. The molecule has 30 heavy (non-hydrogen) atoms. The van der Waals surface area contributed by atoms with Gasteiger partial charge in [-0.25, -0.2) is 4.79 Å². The van der Waals surface area contributed by atoms with Crippen molar-refractivity contribution in [1.82, 2.24) is 15.6 Å². The van der Waals surface area contributed by atoms with Gasteiger partial charge in [0, 0.05) is 29.7 Å². The van der Waals surface area contributed by atoms with E-state index in [4.69, 9.17) is 4.74 Å². The number of nitrogens with zero attached hydrogens (tertiary/aromatic N) is 1. The highest BCUT2D eigenvalue weighted by molar-refractivity contribution is 5.98. The average Bonchev–Trinajstić information content (AvgIpc) is 2.71. The zero-order chi connectivity index (χ0) is 21.7. The number of benzene rings is 2. The summed E-state index contributed by atoms with van der Waals surface area (Å²) in [5.41, 5.74) is 3.59. The second-order valence-corrected chi connectivity index (χ2v) is 7.31. The first-order chi connectivity index (χ1) is 14.4. The number of urea groups is 1. The Kier molecular flexibility index (Phi) is 6.51. The topological polar surface area (TPSA) is 92.4 Å². The number of carbonyl (C=O) groups excluding carboxylic acids is 2. The van der Waals surface area contributed by atoms with Gasteiger partial charge in [-0.1, -0.05) is 12.1 Å². The molecule has 0 aliphatic carbocycles. The number of rotatable bonds is 6. The maximum atomic E-state index is 12.7. The van der Waals surface area contributed by atoms with Crippen molar-refractivity contribution in [3.8, 4) is 5.75 Å². The van der Waals surface area contributed by atoms with E-state index in [-0.39, 0.29) is 18.0 Å². The van der Waals surface area contributed by atoms with E-state index in [0.29, 0.717) is 23.5 Å². The lowest BCUT2D eigenvalue weighted by Gasteiger charge is -2.11. The van der Waals surface area contributed by atoms with E-state index in [1.807, 2.05) is 57.2 Å². The van der Waals surface area contributed by atoms with E-state index in [2.05, 4.69) is 20.9 Å².